The summed E-state index contributed by atoms with van der Waals surface area (Å²) in [6.07, 6.45) is -2.54. The van der Waals surface area contributed by atoms with E-state index in [1.807, 2.05) is 0 Å². The van der Waals surface area contributed by atoms with Crippen LogP contribution >= 0.6 is 12.4 Å². The molecule has 0 amide bonds. The van der Waals surface area contributed by atoms with Crippen molar-refractivity contribution >= 4 is 24.3 Å². The number of carbonyl (C=O) groups is 2. The Kier molecular flexibility index (Phi) is 5.98. The van der Waals surface area contributed by atoms with E-state index in [1.165, 1.54) is 0 Å². The first kappa shape index (κ1) is 11.9. The number of rotatable bonds is 3. The molecule has 0 saturated heterocycles. The van der Waals surface area contributed by atoms with E-state index in [1.54, 1.807) is 0 Å². The molecule has 0 spiro atoms. The maximum Gasteiger partial charge on any atom is 0.333 e. The second-order valence-electron chi connectivity index (χ2n) is 1.45. The molecule has 5 nitrogen and oxygen atoms in total. The molecule has 0 aliphatic carbocycles. The number of carboxylic acid groups (broad SMARTS) is 2. The summed E-state index contributed by atoms with van der Waals surface area (Å²) in [5, 5.41) is 24.1. The van der Waals surface area contributed by atoms with Gasteiger partial charge in [-0.1, -0.05) is 0 Å². The van der Waals surface area contributed by atoms with Crippen LogP contribution in [0.2, 0.25) is 0 Å². The summed E-state index contributed by atoms with van der Waals surface area (Å²) in [6, 6.07) is 0. The van der Waals surface area contributed by atoms with Gasteiger partial charge in [0.15, 0.2) is 6.10 Å². The van der Waals surface area contributed by atoms with Crippen LogP contribution in [-0.4, -0.2) is 33.4 Å². The minimum absolute atomic E-state index is 0. The molecule has 0 aromatic heterocycles. The van der Waals surface area contributed by atoms with Gasteiger partial charge in [-0.2, -0.15) is 0 Å². The molecular weight excluding hydrogens is 163 g/mol. The van der Waals surface area contributed by atoms with Crippen LogP contribution in [-0.2, 0) is 9.59 Å². The van der Waals surface area contributed by atoms with E-state index in [0.29, 0.717) is 0 Å². The molecule has 6 heteroatoms. The molecule has 0 aromatic rings. The van der Waals surface area contributed by atoms with Crippen molar-refractivity contribution in [2.75, 3.05) is 0 Å². The summed E-state index contributed by atoms with van der Waals surface area (Å²) < 4.78 is 0. The van der Waals surface area contributed by atoms with Gasteiger partial charge in [0.1, 0.15) is 0 Å². The number of hydrogen-bond donors (Lipinski definition) is 3. The molecule has 10 heavy (non-hydrogen) atoms. The number of carboxylic acids is 2. The molecule has 1 unspecified atom stereocenters. The lowest BCUT2D eigenvalue weighted by atomic mass is 10.3. The second kappa shape index (κ2) is 5.01. The molecule has 0 heterocycles. The van der Waals surface area contributed by atoms with Gasteiger partial charge in [-0.05, 0) is 0 Å². The van der Waals surface area contributed by atoms with Gasteiger partial charge in [0, 0.05) is 0 Å². The fourth-order valence-electron chi connectivity index (χ4n) is 0.253. The smallest absolute Gasteiger partial charge is 0.333 e. The van der Waals surface area contributed by atoms with E-state index in [9.17, 15) is 9.59 Å². The summed E-state index contributed by atoms with van der Waals surface area (Å²) in [5.74, 6) is -2.85. The van der Waals surface area contributed by atoms with Crippen LogP contribution in [0.5, 0.6) is 0 Å². The predicted molar refractivity (Wildman–Crippen MR) is 33.1 cm³/mol. The predicted octanol–water partition coefficient (Wildman–Crippen LogP) is -0.672. The fraction of sp³-hybridized carbons (Fsp3) is 0.500. The highest BCUT2D eigenvalue weighted by Crippen LogP contribution is 1.89. The van der Waals surface area contributed by atoms with Crippen LogP contribution in [0.1, 0.15) is 6.42 Å². The number of aliphatic carboxylic acids is 2. The molecular formula is C4H7ClO5. The molecule has 60 valence electrons. The van der Waals surface area contributed by atoms with Gasteiger partial charge in [0.2, 0.25) is 0 Å². The normalized spacial score (nSPS) is 11.3. The summed E-state index contributed by atoms with van der Waals surface area (Å²) >= 11 is 0. The molecule has 0 bridgehead atoms. The Morgan fingerprint density at radius 1 is 1.30 bits per heavy atom. The van der Waals surface area contributed by atoms with Crippen LogP contribution in [0.15, 0.2) is 0 Å². The third-order valence-electron chi connectivity index (χ3n) is 0.653. The summed E-state index contributed by atoms with van der Waals surface area (Å²) in [4.78, 5) is 19.4. The lowest BCUT2D eigenvalue weighted by Crippen LogP contribution is -2.22. The van der Waals surface area contributed by atoms with Crippen LogP contribution in [0.3, 0.4) is 0 Å². The number of aliphatic hydroxyl groups excluding tert-OH is 1. The largest absolute Gasteiger partial charge is 0.481 e. The van der Waals surface area contributed by atoms with Gasteiger partial charge in [0.05, 0.1) is 6.42 Å². The van der Waals surface area contributed by atoms with Gasteiger partial charge in [-0.25, -0.2) is 4.79 Å². The van der Waals surface area contributed by atoms with Gasteiger partial charge in [-0.15, -0.1) is 12.4 Å². The second-order valence-corrected chi connectivity index (χ2v) is 1.45. The Bertz CT molecular complexity index is 134. The first-order chi connectivity index (χ1) is 4.04. The van der Waals surface area contributed by atoms with Crippen molar-refractivity contribution in [1.82, 2.24) is 0 Å². The Morgan fingerprint density at radius 3 is 1.80 bits per heavy atom. The lowest BCUT2D eigenvalue weighted by molar-refractivity contribution is -0.152. The zero-order valence-electron chi connectivity index (χ0n) is 4.85. The van der Waals surface area contributed by atoms with Crippen LogP contribution in [0.4, 0.5) is 0 Å². The molecule has 0 saturated carbocycles. The number of halogens is 1. The highest BCUT2D eigenvalue weighted by molar-refractivity contribution is 5.85. The highest BCUT2D eigenvalue weighted by Gasteiger charge is 2.16. The van der Waals surface area contributed by atoms with Crippen molar-refractivity contribution in [2.45, 2.75) is 12.5 Å². The molecule has 0 aliphatic rings. The van der Waals surface area contributed by atoms with Crippen LogP contribution in [0.25, 0.3) is 0 Å². The van der Waals surface area contributed by atoms with E-state index in [0.717, 1.165) is 0 Å². The quantitative estimate of drug-likeness (QED) is 0.522. The third kappa shape index (κ3) is 5.33. The summed E-state index contributed by atoms with van der Waals surface area (Å²) in [7, 11) is 0. The molecule has 0 aromatic carbocycles. The van der Waals surface area contributed by atoms with Crippen molar-refractivity contribution in [2.24, 2.45) is 0 Å². The monoisotopic (exact) mass is 170 g/mol. The van der Waals surface area contributed by atoms with Crippen molar-refractivity contribution < 1.29 is 24.9 Å². The topological polar surface area (TPSA) is 94.8 Å². The average Bonchev–Trinajstić information content (AvgIpc) is 1.63. The van der Waals surface area contributed by atoms with Crippen molar-refractivity contribution in [1.29, 1.82) is 0 Å². The molecule has 0 rings (SSSR count). The van der Waals surface area contributed by atoms with Crippen LogP contribution in [0, 0.1) is 0 Å². The average molecular weight is 171 g/mol. The lowest BCUT2D eigenvalue weighted by Gasteiger charge is -1.97. The summed E-state index contributed by atoms with van der Waals surface area (Å²) in [5.41, 5.74) is 0. The van der Waals surface area contributed by atoms with E-state index in [-0.39, 0.29) is 12.4 Å². The van der Waals surface area contributed by atoms with E-state index in [4.69, 9.17) is 15.3 Å². The molecule has 1 atom stereocenters. The minimum atomic E-state index is -1.79. The number of hydrogen-bond acceptors (Lipinski definition) is 3. The first-order valence-electron chi connectivity index (χ1n) is 2.16. The zero-order chi connectivity index (χ0) is 7.44. The Hall–Kier alpha value is -0.810. The highest BCUT2D eigenvalue weighted by atomic mass is 35.5. The number of aliphatic hydroxyl groups is 1. The molecule has 0 aliphatic heterocycles. The minimum Gasteiger partial charge on any atom is -0.481 e. The van der Waals surface area contributed by atoms with E-state index >= 15 is 0 Å². The summed E-state index contributed by atoms with van der Waals surface area (Å²) in [6.45, 7) is 0. The van der Waals surface area contributed by atoms with Gasteiger partial charge < -0.3 is 15.3 Å². The Balaban J connectivity index is 0. The first-order valence-corrected chi connectivity index (χ1v) is 2.16. The molecule has 0 radical (unpaired) electrons. The van der Waals surface area contributed by atoms with Gasteiger partial charge in [-0.3, -0.25) is 4.79 Å². The van der Waals surface area contributed by atoms with E-state index < -0.39 is 24.5 Å². The van der Waals surface area contributed by atoms with Crippen LogP contribution < -0.4 is 0 Å². The maximum atomic E-state index is 9.72. The SMILES string of the molecule is Cl.O=C(O)CC(O)C(=O)O. The van der Waals surface area contributed by atoms with Crippen molar-refractivity contribution in [3.63, 3.8) is 0 Å². The zero-order valence-corrected chi connectivity index (χ0v) is 5.67. The third-order valence-corrected chi connectivity index (χ3v) is 0.653. The van der Waals surface area contributed by atoms with Gasteiger partial charge in [0.25, 0.3) is 0 Å². The Morgan fingerprint density at radius 2 is 1.70 bits per heavy atom. The van der Waals surface area contributed by atoms with Crippen molar-refractivity contribution in [3.8, 4) is 0 Å². The molecule has 0 fully saturated rings. The van der Waals surface area contributed by atoms with Crippen molar-refractivity contribution in [3.05, 3.63) is 0 Å². The Labute approximate surface area is 62.7 Å². The standard InChI is InChI=1S/C4H6O5.ClH/c5-2(4(8)9)1-3(6)7;/h2,5H,1H2,(H,6,7)(H,8,9);1H. The maximum absolute atomic E-state index is 9.72. The van der Waals surface area contributed by atoms with E-state index in [2.05, 4.69) is 0 Å². The molecule has 3 N–H and O–H groups in total. The fourth-order valence-corrected chi connectivity index (χ4v) is 0.253. The van der Waals surface area contributed by atoms with Gasteiger partial charge >= 0.3 is 11.9 Å².